The third-order valence-electron chi connectivity index (χ3n) is 8.63. The Morgan fingerprint density at radius 3 is 2.22 bits per heavy atom. The van der Waals surface area contributed by atoms with Gasteiger partial charge in [0, 0.05) is 5.39 Å². The zero-order chi connectivity index (χ0) is 22.3. The largest absolute Gasteiger partial charge is 0.206 e. The molecule has 2 aliphatic carbocycles. The Morgan fingerprint density at radius 2 is 1.56 bits per heavy atom. The zero-order valence-electron chi connectivity index (χ0n) is 20.3. The second-order valence-electron chi connectivity index (χ2n) is 10.8. The molecule has 0 nitrogen and oxygen atoms in total. The molecule has 2 saturated carbocycles. The van der Waals surface area contributed by atoms with Crippen LogP contribution in [0.4, 0.5) is 4.39 Å². The molecule has 2 aromatic carbocycles. The van der Waals surface area contributed by atoms with Crippen molar-refractivity contribution in [3.63, 3.8) is 0 Å². The van der Waals surface area contributed by atoms with Crippen LogP contribution in [0.25, 0.3) is 10.8 Å². The van der Waals surface area contributed by atoms with Gasteiger partial charge in [-0.25, -0.2) is 4.39 Å². The predicted octanol–water partition coefficient (Wildman–Crippen LogP) is 9.76. The first-order valence-corrected chi connectivity index (χ1v) is 13.5. The minimum absolute atomic E-state index is 0.0102. The molecule has 4 rings (SSSR count). The molecule has 0 spiro atoms. The standard InChI is InChI=1S/C31H43F/c1-3-5-6-7-27-18-19-29-22-28(20-21-30(29)31(27)32)26-16-14-25(15-17-26)13-12-24-10-8-23(4-2)9-11-24/h4,18-26H,2-3,5-17H2,1H3. The van der Waals surface area contributed by atoms with Gasteiger partial charge in [0.05, 0.1) is 0 Å². The van der Waals surface area contributed by atoms with Crippen molar-refractivity contribution >= 4 is 10.8 Å². The Kier molecular flexibility index (Phi) is 8.44. The van der Waals surface area contributed by atoms with Crippen molar-refractivity contribution in [3.8, 4) is 0 Å². The third kappa shape index (κ3) is 5.83. The van der Waals surface area contributed by atoms with Crippen molar-refractivity contribution in [2.45, 2.75) is 103 Å². The van der Waals surface area contributed by atoms with E-state index in [9.17, 15) is 4.39 Å². The number of halogens is 1. The molecule has 0 radical (unpaired) electrons. The van der Waals surface area contributed by atoms with E-state index in [0.717, 1.165) is 46.9 Å². The topological polar surface area (TPSA) is 0 Å². The van der Waals surface area contributed by atoms with E-state index >= 15 is 0 Å². The molecule has 1 heteroatoms. The minimum atomic E-state index is 0.0102. The molecule has 0 bridgehead atoms. The van der Waals surface area contributed by atoms with E-state index in [4.69, 9.17) is 0 Å². The van der Waals surface area contributed by atoms with Gasteiger partial charge in [-0.2, -0.15) is 0 Å². The van der Waals surface area contributed by atoms with E-state index in [0.29, 0.717) is 5.92 Å². The summed E-state index contributed by atoms with van der Waals surface area (Å²) in [7, 11) is 0. The second kappa shape index (κ2) is 11.5. The van der Waals surface area contributed by atoms with E-state index < -0.39 is 0 Å². The summed E-state index contributed by atoms with van der Waals surface area (Å²) in [5.74, 6) is 3.34. The Hall–Kier alpha value is -1.63. The summed E-state index contributed by atoms with van der Waals surface area (Å²) in [5, 5.41) is 1.89. The number of hydrogen-bond acceptors (Lipinski definition) is 0. The smallest absolute Gasteiger partial charge is 0.134 e. The molecule has 0 saturated heterocycles. The van der Waals surface area contributed by atoms with Gasteiger partial charge in [0.25, 0.3) is 0 Å². The van der Waals surface area contributed by atoms with Crippen LogP contribution in [-0.2, 0) is 6.42 Å². The van der Waals surface area contributed by atoms with E-state index in [1.165, 1.54) is 82.6 Å². The van der Waals surface area contributed by atoms with Gasteiger partial charge in [-0.3, -0.25) is 0 Å². The monoisotopic (exact) mass is 434 g/mol. The van der Waals surface area contributed by atoms with Crippen molar-refractivity contribution in [2.24, 2.45) is 17.8 Å². The van der Waals surface area contributed by atoms with Crippen LogP contribution in [0.3, 0.4) is 0 Å². The van der Waals surface area contributed by atoms with Gasteiger partial charge in [-0.05, 0) is 104 Å². The van der Waals surface area contributed by atoms with Crippen molar-refractivity contribution in [3.05, 3.63) is 59.9 Å². The lowest BCUT2D eigenvalue weighted by Crippen LogP contribution is -2.17. The highest BCUT2D eigenvalue weighted by Crippen LogP contribution is 2.40. The van der Waals surface area contributed by atoms with Gasteiger partial charge in [0.2, 0.25) is 0 Å². The summed E-state index contributed by atoms with van der Waals surface area (Å²) >= 11 is 0. The fourth-order valence-electron chi connectivity index (χ4n) is 6.34. The van der Waals surface area contributed by atoms with Crippen LogP contribution in [0.15, 0.2) is 43.0 Å². The highest BCUT2D eigenvalue weighted by atomic mass is 19.1. The van der Waals surface area contributed by atoms with Crippen molar-refractivity contribution in [1.82, 2.24) is 0 Å². The third-order valence-corrected chi connectivity index (χ3v) is 8.63. The van der Waals surface area contributed by atoms with Gasteiger partial charge < -0.3 is 0 Å². The Morgan fingerprint density at radius 1 is 0.875 bits per heavy atom. The summed E-state index contributed by atoms with van der Waals surface area (Å²) in [6.45, 7) is 6.18. The molecule has 0 atom stereocenters. The Balaban J connectivity index is 1.29. The average Bonchev–Trinajstić information content (AvgIpc) is 2.85. The maximum atomic E-state index is 15.0. The maximum Gasteiger partial charge on any atom is 0.134 e. The highest BCUT2D eigenvalue weighted by molar-refractivity contribution is 5.84. The lowest BCUT2D eigenvalue weighted by molar-refractivity contribution is 0.246. The SMILES string of the molecule is C=CC1CCC(CCC2CCC(c3ccc4c(F)c(CCCCC)ccc4c3)CC2)CC1. The first kappa shape index (κ1) is 23.5. The lowest BCUT2D eigenvalue weighted by atomic mass is 9.74. The fourth-order valence-corrected chi connectivity index (χ4v) is 6.34. The molecule has 0 heterocycles. The van der Waals surface area contributed by atoms with Gasteiger partial charge >= 0.3 is 0 Å². The van der Waals surface area contributed by atoms with E-state index in [2.05, 4.69) is 43.8 Å². The predicted molar refractivity (Wildman–Crippen MR) is 137 cm³/mol. The van der Waals surface area contributed by atoms with E-state index in [1.54, 1.807) is 0 Å². The first-order valence-electron chi connectivity index (χ1n) is 13.5. The molecular weight excluding hydrogens is 391 g/mol. The van der Waals surface area contributed by atoms with Crippen LogP contribution >= 0.6 is 0 Å². The number of allylic oxidation sites excluding steroid dienone is 1. The number of aryl methyl sites for hydroxylation is 1. The highest BCUT2D eigenvalue weighted by Gasteiger charge is 2.25. The first-order chi connectivity index (χ1) is 15.7. The summed E-state index contributed by atoms with van der Waals surface area (Å²) in [6, 6.07) is 10.7. The molecule has 0 amide bonds. The van der Waals surface area contributed by atoms with Crippen molar-refractivity contribution in [2.75, 3.05) is 0 Å². The van der Waals surface area contributed by atoms with Crippen molar-refractivity contribution < 1.29 is 4.39 Å². The maximum absolute atomic E-state index is 15.0. The normalized spacial score (nSPS) is 26.3. The van der Waals surface area contributed by atoms with Crippen LogP contribution in [0.5, 0.6) is 0 Å². The summed E-state index contributed by atoms with van der Waals surface area (Å²) < 4.78 is 15.0. The molecule has 2 aromatic rings. The quantitative estimate of drug-likeness (QED) is 0.272. The Bertz CT molecular complexity index is 865. The Labute approximate surface area is 195 Å². The molecule has 2 aliphatic rings. The number of rotatable bonds is 9. The molecule has 0 unspecified atom stereocenters. The van der Waals surface area contributed by atoms with Crippen LogP contribution in [0.1, 0.15) is 107 Å². The lowest BCUT2D eigenvalue weighted by Gasteiger charge is -2.31. The van der Waals surface area contributed by atoms with Crippen LogP contribution in [0.2, 0.25) is 0 Å². The molecule has 2 fully saturated rings. The molecule has 32 heavy (non-hydrogen) atoms. The van der Waals surface area contributed by atoms with Crippen LogP contribution in [-0.4, -0.2) is 0 Å². The van der Waals surface area contributed by atoms with Crippen LogP contribution < -0.4 is 0 Å². The molecule has 174 valence electrons. The number of hydrogen-bond donors (Lipinski definition) is 0. The van der Waals surface area contributed by atoms with E-state index in [-0.39, 0.29) is 5.82 Å². The second-order valence-corrected chi connectivity index (χ2v) is 10.8. The van der Waals surface area contributed by atoms with Gasteiger partial charge in [0.15, 0.2) is 0 Å². The molecular formula is C31H43F. The van der Waals surface area contributed by atoms with Crippen LogP contribution in [0, 0.1) is 23.6 Å². The average molecular weight is 435 g/mol. The van der Waals surface area contributed by atoms with Crippen molar-refractivity contribution in [1.29, 1.82) is 0 Å². The summed E-state index contributed by atoms with van der Waals surface area (Å²) in [4.78, 5) is 0. The number of benzene rings is 2. The van der Waals surface area contributed by atoms with Gasteiger partial charge in [-0.15, -0.1) is 6.58 Å². The van der Waals surface area contributed by atoms with E-state index in [1.807, 2.05) is 6.07 Å². The fraction of sp³-hybridized carbons (Fsp3) is 0.613. The zero-order valence-corrected chi connectivity index (χ0v) is 20.3. The minimum Gasteiger partial charge on any atom is -0.206 e. The molecule has 0 N–H and O–H groups in total. The summed E-state index contributed by atoms with van der Waals surface area (Å²) in [5.41, 5.74) is 2.31. The molecule has 0 aromatic heterocycles. The van der Waals surface area contributed by atoms with Gasteiger partial charge in [0.1, 0.15) is 5.82 Å². The van der Waals surface area contributed by atoms with Gasteiger partial charge in [-0.1, -0.05) is 69.0 Å². The molecule has 0 aliphatic heterocycles. The number of unbranched alkanes of at least 4 members (excludes halogenated alkanes) is 2. The number of fused-ring (bicyclic) bond motifs is 1. The summed E-state index contributed by atoms with van der Waals surface area (Å²) in [6.07, 6.45) is 20.2.